The third-order valence-corrected chi connectivity index (χ3v) is 4.09. The van der Waals surface area contributed by atoms with E-state index in [-0.39, 0.29) is 6.04 Å². The van der Waals surface area contributed by atoms with Gasteiger partial charge in [0.15, 0.2) is 0 Å². The van der Waals surface area contributed by atoms with E-state index in [1.807, 2.05) is 31.2 Å². The summed E-state index contributed by atoms with van der Waals surface area (Å²) < 4.78 is 24.9. The lowest BCUT2D eigenvalue weighted by Gasteiger charge is -2.34. The van der Waals surface area contributed by atoms with Crippen molar-refractivity contribution in [2.24, 2.45) is 0 Å². The number of para-hydroxylation sites is 1. The molecule has 0 saturated heterocycles. The monoisotopic (exact) mass is 225 g/mol. The molecule has 0 N–H and O–H groups in total. The minimum absolute atomic E-state index is 0.0647. The van der Waals surface area contributed by atoms with Gasteiger partial charge in [-0.2, -0.15) is 0 Å². The van der Waals surface area contributed by atoms with Crippen LogP contribution in [-0.4, -0.2) is 20.7 Å². The van der Waals surface area contributed by atoms with Gasteiger partial charge in [-0.3, -0.25) is 4.31 Å². The topological polar surface area (TPSA) is 37.4 Å². The molecule has 1 aliphatic heterocycles. The molecule has 3 nitrogen and oxygen atoms in total. The van der Waals surface area contributed by atoms with Crippen LogP contribution in [0.1, 0.15) is 18.9 Å². The summed E-state index contributed by atoms with van der Waals surface area (Å²) >= 11 is 0. The lowest BCUT2D eigenvalue weighted by atomic mass is 9.99. The van der Waals surface area contributed by atoms with Crippen molar-refractivity contribution < 1.29 is 8.42 Å². The number of fused-ring (bicyclic) bond motifs is 1. The maximum Gasteiger partial charge on any atom is 0.232 e. The lowest BCUT2D eigenvalue weighted by molar-refractivity contribution is 0.568. The van der Waals surface area contributed by atoms with Crippen molar-refractivity contribution in [2.45, 2.75) is 25.8 Å². The van der Waals surface area contributed by atoms with Crippen molar-refractivity contribution in [1.29, 1.82) is 0 Å². The van der Waals surface area contributed by atoms with E-state index in [4.69, 9.17) is 0 Å². The number of hydrogen-bond donors (Lipinski definition) is 0. The molecule has 1 aromatic carbocycles. The number of benzene rings is 1. The first-order valence-corrected chi connectivity index (χ1v) is 6.92. The zero-order valence-electron chi connectivity index (χ0n) is 8.97. The smallest absolute Gasteiger partial charge is 0.232 e. The second kappa shape index (κ2) is 3.52. The van der Waals surface area contributed by atoms with Gasteiger partial charge in [0.05, 0.1) is 11.9 Å². The molecular formula is C11H15NO2S. The van der Waals surface area contributed by atoms with Gasteiger partial charge in [-0.25, -0.2) is 8.42 Å². The van der Waals surface area contributed by atoms with Gasteiger partial charge in [-0.05, 0) is 31.4 Å². The highest BCUT2D eigenvalue weighted by molar-refractivity contribution is 7.92. The number of aryl methyl sites for hydroxylation is 1. The van der Waals surface area contributed by atoms with Crippen LogP contribution in [0.3, 0.4) is 0 Å². The molecule has 1 heterocycles. The van der Waals surface area contributed by atoms with E-state index >= 15 is 0 Å². The summed E-state index contributed by atoms with van der Waals surface area (Å²) in [6.45, 7) is 1.96. The third kappa shape index (κ3) is 1.86. The second-order valence-electron chi connectivity index (χ2n) is 4.08. The number of rotatable bonds is 1. The van der Waals surface area contributed by atoms with Crippen LogP contribution in [0.15, 0.2) is 24.3 Å². The standard InChI is InChI=1S/C11H15NO2S/c1-9-7-8-10-5-3-4-6-11(10)12(9)15(2,13)14/h3-6,9H,7-8H2,1-2H3. The van der Waals surface area contributed by atoms with E-state index < -0.39 is 10.0 Å². The van der Waals surface area contributed by atoms with Crippen LogP contribution in [0, 0.1) is 0 Å². The van der Waals surface area contributed by atoms with Gasteiger partial charge in [-0.15, -0.1) is 0 Å². The molecule has 1 unspecified atom stereocenters. The number of sulfonamides is 1. The maximum atomic E-state index is 11.7. The molecule has 15 heavy (non-hydrogen) atoms. The van der Waals surface area contributed by atoms with Crippen LogP contribution < -0.4 is 4.31 Å². The molecular weight excluding hydrogens is 210 g/mol. The molecule has 1 aromatic rings. The number of anilines is 1. The molecule has 0 aliphatic carbocycles. The molecule has 1 aliphatic rings. The van der Waals surface area contributed by atoms with Crippen molar-refractivity contribution >= 4 is 15.7 Å². The predicted molar refractivity (Wildman–Crippen MR) is 61.5 cm³/mol. The van der Waals surface area contributed by atoms with Crippen molar-refractivity contribution in [3.8, 4) is 0 Å². The highest BCUT2D eigenvalue weighted by Gasteiger charge is 2.28. The van der Waals surface area contributed by atoms with Crippen molar-refractivity contribution in [1.82, 2.24) is 0 Å². The quantitative estimate of drug-likeness (QED) is 0.730. The van der Waals surface area contributed by atoms with Crippen LogP contribution in [0.2, 0.25) is 0 Å². The van der Waals surface area contributed by atoms with Crippen molar-refractivity contribution in [2.75, 3.05) is 10.6 Å². The fourth-order valence-electron chi connectivity index (χ4n) is 2.16. The van der Waals surface area contributed by atoms with E-state index in [9.17, 15) is 8.42 Å². The van der Waals surface area contributed by atoms with E-state index in [1.54, 1.807) is 0 Å². The minimum atomic E-state index is -3.16. The van der Waals surface area contributed by atoms with Crippen LogP contribution in [0.4, 0.5) is 5.69 Å². The van der Waals surface area contributed by atoms with Crippen LogP contribution in [0.5, 0.6) is 0 Å². The summed E-state index contributed by atoms with van der Waals surface area (Å²) in [6.07, 6.45) is 3.12. The molecule has 0 bridgehead atoms. The summed E-state index contributed by atoms with van der Waals surface area (Å²) in [5, 5.41) is 0. The zero-order chi connectivity index (χ0) is 11.1. The van der Waals surface area contributed by atoms with Crippen LogP contribution in [0.25, 0.3) is 0 Å². The van der Waals surface area contributed by atoms with E-state index in [2.05, 4.69) is 0 Å². The Hall–Kier alpha value is -1.03. The van der Waals surface area contributed by atoms with Gasteiger partial charge in [-0.1, -0.05) is 18.2 Å². The van der Waals surface area contributed by atoms with Gasteiger partial charge in [0, 0.05) is 6.04 Å². The van der Waals surface area contributed by atoms with Gasteiger partial charge in [0.1, 0.15) is 0 Å². The molecule has 1 atom stereocenters. The fraction of sp³-hybridized carbons (Fsp3) is 0.455. The van der Waals surface area contributed by atoms with Gasteiger partial charge >= 0.3 is 0 Å². The van der Waals surface area contributed by atoms with E-state index in [0.29, 0.717) is 0 Å². The van der Waals surface area contributed by atoms with Gasteiger partial charge in [0.25, 0.3) is 0 Å². The maximum absolute atomic E-state index is 11.7. The first kappa shape index (κ1) is 10.5. The Morgan fingerprint density at radius 2 is 2.00 bits per heavy atom. The molecule has 4 heteroatoms. The Balaban J connectivity index is 2.56. The first-order valence-electron chi connectivity index (χ1n) is 5.07. The number of nitrogens with zero attached hydrogens (tertiary/aromatic N) is 1. The second-order valence-corrected chi connectivity index (χ2v) is 5.93. The molecule has 0 saturated carbocycles. The summed E-state index contributed by atoms with van der Waals surface area (Å²) in [5.41, 5.74) is 1.97. The Bertz CT molecular complexity index is 467. The van der Waals surface area contributed by atoms with Crippen LogP contribution >= 0.6 is 0 Å². The van der Waals surface area contributed by atoms with Crippen LogP contribution in [-0.2, 0) is 16.4 Å². The molecule has 0 spiro atoms. The van der Waals surface area contributed by atoms with Crippen molar-refractivity contribution in [3.05, 3.63) is 29.8 Å². The molecule has 0 amide bonds. The molecule has 0 fully saturated rings. The fourth-order valence-corrected chi connectivity index (χ4v) is 3.46. The normalized spacial score (nSPS) is 21.2. The number of hydrogen-bond acceptors (Lipinski definition) is 2. The summed E-state index contributed by atoms with van der Waals surface area (Å²) in [6, 6.07) is 7.78. The van der Waals surface area contributed by atoms with Crippen molar-refractivity contribution in [3.63, 3.8) is 0 Å². The first-order chi connectivity index (χ1) is 7.00. The molecule has 0 aromatic heterocycles. The zero-order valence-corrected chi connectivity index (χ0v) is 9.79. The SMILES string of the molecule is CC1CCc2ccccc2N1S(C)(=O)=O. The highest BCUT2D eigenvalue weighted by Crippen LogP contribution is 2.32. The van der Waals surface area contributed by atoms with E-state index in [1.165, 1.54) is 10.6 Å². The molecule has 82 valence electrons. The predicted octanol–water partition coefficient (Wildman–Crippen LogP) is 1.79. The van der Waals surface area contributed by atoms with Gasteiger partial charge < -0.3 is 0 Å². The summed E-state index contributed by atoms with van der Waals surface area (Å²) in [5.74, 6) is 0. The Labute approximate surface area is 90.8 Å². The summed E-state index contributed by atoms with van der Waals surface area (Å²) in [4.78, 5) is 0. The average molecular weight is 225 g/mol. The third-order valence-electron chi connectivity index (χ3n) is 2.82. The van der Waals surface area contributed by atoms with E-state index in [0.717, 1.165) is 24.1 Å². The molecule has 2 rings (SSSR count). The lowest BCUT2D eigenvalue weighted by Crippen LogP contribution is -2.41. The molecule has 0 radical (unpaired) electrons. The Morgan fingerprint density at radius 3 is 2.67 bits per heavy atom. The largest absolute Gasteiger partial charge is 0.267 e. The highest BCUT2D eigenvalue weighted by atomic mass is 32.2. The Kier molecular flexibility index (Phi) is 2.46. The summed E-state index contributed by atoms with van der Waals surface area (Å²) in [7, 11) is -3.16. The average Bonchev–Trinajstić information content (AvgIpc) is 2.15. The Morgan fingerprint density at radius 1 is 1.33 bits per heavy atom. The van der Waals surface area contributed by atoms with Gasteiger partial charge in [0.2, 0.25) is 10.0 Å². The minimum Gasteiger partial charge on any atom is -0.267 e.